The fourth-order valence-electron chi connectivity index (χ4n) is 4.81. The van der Waals surface area contributed by atoms with E-state index in [1.807, 2.05) is 32.3 Å². The second-order valence-electron chi connectivity index (χ2n) is 9.38. The molecule has 3 N–H and O–H groups in total. The lowest BCUT2D eigenvalue weighted by Crippen LogP contribution is -2.49. The van der Waals surface area contributed by atoms with E-state index in [9.17, 15) is 13.2 Å². The molecular formula is C25H26F3N9O. The molecule has 0 radical (unpaired) electrons. The SMILES string of the molecule is C[C@H](NC1=C(c2nc3ccc(N4CCO[C@@H](C(F)(F)F)C4)cc3[nH]2)CNc2cn(C)nc21)c1ncccn1. The van der Waals surface area contributed by atoms with Gasteiger partial charge in [0.2, 0.25) is 0 Å². The number of H-pyrrole nitrogens is 1. The van der Waals surface area contributed by atoms with Gasteiger partial charge in [-0.25, -0.2) is 15.0 Å². The second-order valence-corrected chi connectivity index (χ2v) is 9.38. The molecule has 1 saturated heterocycles. The van der Waals surface area contributed by atoms with E-state index in [2.05, 4.69) is 30.7 Å². The third-order valence-corrected chi connectivity index (χ3v) is 6.70. The van der Waals surface area contributed by atoms with E-state index in [-0.39, 0.29) is 19.2 Å². The van der Waals surface area contributed by atoms with Crippen molar-refractivity contribution in [1.29, 1.82) is 0 Å². The van der Waals surface area contributed by atoms with Gasteiger partial charge in [-0.1, -0.05) is 0 Å². The molecule has 6 rings (SSSR count). The number of halogens is 3. The highest BCUT2D eigenvalue weighted by molar-refractivity contribution is 5.96. The summed E-state index contributed by atoms with van der Waals surface area (Å²) in [5.74, 6) is 1.28. The molecular weight excluding hydrogens is 499 g/mol. The largest absolute Gasteiger partial charge is 0.416 e. The molecule has 0 saturated carbocycles. The van der Waals surface area contributed by atoms with Gasteiger partial charge in [0.25, 0.3) is 0 Å². The summed E-state index contributed by atoms with van der Waals surface area (Å²) in [4.78, 5) is 18.6. The minimum Gasteiger partial charge on any atom is -0.378 e. The number of nitrogens with zero attached hydrogens (tertiary/aromatic N) is 6. The van der Waals surface area contributed by atoms with Gasteiger partial charge in [-0.05, 0) is 31.2 Å². The molecule has 13 heteroatoms. The zero-order chi connectivity index (χ0) is 26.4. The Kier molecular flexibility index (Phi) is 5.94. The predicted molar refractivity (Wildman–Crippen MR) is 136 cm³/mol. The summed E-state index contributed by atoms with van der Waals surface area (Å²) in [6.07, 6.45) is -0.891. The van der Waals surface area contributed by atoms with Crippen LogP contribution >= 0.6 is 0 Å². The molecule has 0 unspecified atom stereocenters. The zero-order valence-corrected chi connectivity index (χ0v) is 20.8. The number of anilines is 2. The van der Waals surface area contributed by atoms with Crippen molar-refractivity contribution in [3.63, 3.8) is 0 Å². The molecule has 0 amide bonds. The third-order valence-electron chi connectivity index (χ3n) is 6.70. The molecule has 10 nitrogen and oxygen atoms in total. The highest BCUT2D eigenvalue weighted by Crippen LogP contribution is 2.35. The van der Waals surface area contributed by atoms with Crippen LogP contribution in [0.4, 0.5) is 24.5 Å². The lowest BCUT2D eigenvalue weighted by Gasteiger charge is -2.35. The molecule has 0 bridgehead atoms. The molecule has 3 aromatic heterocycles. The normalized spacial score (nSPS) is 18.9. The summed E-state index contributed by atoms with van der Waals surface area (Å²) in [5, 5.41) is 11.6. The topological polar surface area (TPSA) is 109 Å². The molecule has 4 aromatic rings. The Hall–Kier alpha value is -4.13. The van der Waals surface area contributed by atoms with Crippen molar-refractivity contribution in [2.75, 3.05) is 36.5 Å². The summed E-state index contributed by atoms with van der Waals surface area (Å²) in [6, 6.07) is 7.02. The number of aromatic amines is 1. The quantitative estimate of drug-likeness (QED) is 0.363. The van der Waals surface area contributed by atoms with Gasteiger partial charge in [-0.3, -0.25) is 4.68 Å². The Labute approximate surface area is 215 Å². The number of imidazole rings is 1. The van der Waals surface area contributed by atoms with Crippen LogP contribution in [0.3, 0.4) is 0 Å². The summed E-state index contributed by atoms with van der Waals surface area (Å²) in [7, 11) is 1.86. The monoisotopic (exact) mass is 525 g/mol. The number of aromatic nitrogens is 6. The standard InChI is InChI=1S/C25H26F3N9O/c1-14(23-29-6-3-7-30-23)32-21-16(11-31-19-12-36(2)35-22(19)21)24-33-17-5-4-15(10-18(17)34-24)37-8-9-38-20(13-37)25(26,27)28/h3-7,10,12,14,20,31-32H,8-9,11,13H2,1-2H3,(H,33,34)/t14-,20+/m0/s1. The van der Waals surface area contributed by atoms with E-state index < -0.39 is 12.3 Å². The van der Waals surface area contributed by atoms with Crippen LogP contribution in [0, 0.1) is 0 Å². The van der Waals surface area contributed by atoms with Crippen molar-refractivity contribution in [3.05, 3.63) is 60.2 Å². The van der Waals surface area contributed by atoms with Crippen molar-refractivity contribution >= 4 is 33.7 Å². The van der Waals surface area contributed by atoms with Gasteiger partial charge in [-0.15, -0.1) is 0 Å². The van der Waals surface area contributed by atoms with Crippen molar-refractivity contribution in [2.45, 2.75) is 25.2 Å². The molecule has 0 aliphatic carbocycles. The summed E-state index contributed by atoms with van der Waals surface area (Å²) in [5.41, 5.74) is 5.45. The number of ether oxygens (including phenoxy) is 1. The van der Waals surface area contributed by atoms with Gasteiger partial charge in [0.1, 0.15) is 17.3 Å². The fraction of sp³-hybridized carbons (Fsp3) is 0.360. The second kappa shape index (κ2) is 9.31. The van der Waals surface area contributed by atoms with Gasteiger partial charge >= 0.3 is 6.18 Å². The number of benzene rings is 1. The van der Waals surface area contributed by atoms with Crippen LogP contribution in [0.15, 0.2) is 42.9 Å². The van der Waals surface area contributed by atoms with Gasteiger partial charge in [-0.2, -0.15) is 18.3 Å². The Morgan fingerprint density at radius 1 is 1.21 bits per heavy atom. The zero-order valence-electron chi connectivity index (χ0n) is 20.8. The van der Waals surface area contributed by atoms with Crippen molar-refractivity contribution in [2.24, 2.45) is 7.05 Å². The lowest BCUT2D eigenvalue weighted by molar-refractivity contribution is -0.221. The van der Waals surface area contributed by atoms with Crippen LogP contribution in [0.25, 0.3) is 22.3 Å². The van der Waals surface area contributed by atoms with Crippen LogP contribution in [-0.2, 0) is 11.8 Å². The van der Waals surface area contributed by atoms with Crippen LogP contribution in [0.5, 0.6) is 0 Å². The van der Waals surface area contributed by atoms with E-state index in [1.54, 1.807) is 34.1 Å². The van der Waals surface area contributed by atoms with Gasteiger partial charge in [0, 0.05) is 50.0 Å². The smallest absolute Gasteiger partial charge is 0.378 e. The van der Waals surface area contributed by atoms with Crippen molar-refractivity contribution in [1.82, 2.24) is 35.0 Å². The molecule has 5 heterocycles. The van der Waals surface area contributed by atoms with E-state index in [4.69, 9.17) is 9.72 Å². The first-order chi connectivity index (χ1) is 18.3. The molecule has 2 aliphatic rings. The first-order valence-electron chi connectivity index (χ1n) is 12.2. The third kappa shape index (κ3) is 4.53. The first-order valence-corrected chi connectivity index (χ1v) is 12.2. The lowest BCUT2D eigenvalue weighted by atomic mass is 10.0. The highest BCUT2D eigenvalue weighted by Gasteiger charge is 2.43. The Bertz CT molecular complexity index is 1500. The van der Waals surface area contributed by atoms with Crippen molar-refractivity contribution in [3.8, 4) is 0 Å². The summed E-state index contributed by atoms with van der Waals surface area (Å²) >= 11 is 0. The fourth-order valence-corrected chi connectivity index (χ4v) is 4.81. The van der Waals surface area contributed by atoms with Crippen LogP contribution in [0.1, 0.15) is 30.3 Å². The number of nitrogens with one attached hydrogen (secondary N) is 3. The number of hydrogen-bond donors (Lipinski definition) is 3. The number of rotatable bonds is 5. The minimum atomic E-state index is -4.40. The van der Waals surface area contributed by atoms with Crippen LogP contribution in [-0.4, -0.2) is 68.2 Å². The summed E-state index contributed by atoms with van der Waals surface area (Å²) < 4.78 is 46.4. The highest BCUT2D eigenvalue weighted by atomic mass is 19.4. The minimum absolute atomic E-state index is 0.0136. The van der Waals surface area contributed by atoms with Crippen molar-refractivity contribution < 1.29 is 17.9 Å². The Morgan fingerprint density at radius 3 is 2.82 bits per heavy atom. The maximum Gasteiger partial charge on any atom is 0.416 e. The number of hydrogen-bond acceptors (Lipinski definition) is 8. The molecule has 38 heavy (non-hydrogen) atoms. The average molecular weight is 526 g/mol. The number of aryl methyl sites for hydroxylation is 1. The first kappa shape index (κ1) is 24.2. The van der Waals surface area contributed by atoms with Gasteiger partial charge in [0.05, 0.1) is 41.6 Å². The summed E-state index contributed by atoms with van der Waals surface area (Å²) in [6.45, 7) is 2.61. The van der Waals surface area contributed by atoms with Gasteiger partial charge in [0.15, 0.2) is 6.10 Å². The Balaban J connectivity index is 1.36. The Morgan fingerprint density at radius 2 is 2.03 bits per heavy atom. The van der Waals surface area contributed by atoms with E-state index in [0.717, 1.165) is 28.2 Å². The molecule has 0 spiro atoms. The van der Waals surface area contributed by atoms with Gasteiger partial charge < -0.3 is 25.3 Å². The molecule has 1 aromatic carbocycles. The maximum absolute atomic E-state index is 13.2. The van der Waals surface area contributed by atoms with E-state index >= 15 is 0 Å². The number of fused-ring (bicyclic) bond motifs is 2. The molecule has 2 atom stereocenters. The molecule has 198 valence electrons. The predicted octanol–water partition coefficient (Wildman–Crippen LogP) is 3.50. The number of alkyl halides is 3. The maximum atomic E-state index is 13.2. The van der Waals surface area contributed by atoms with Crippen LogP contribution in [0.2, 0.25) is 0 Å². The molecule has 1 fully saturated rings. The van der Waals surface area contributed by atoms with E-state index in [1.165, 1.54) is 0 Å². The van der Waals surface area contributed by atoms with Crippen LogP contribution < -0.4 is 15.5 Å². The van der Waals surface area contributed by atoms with E-state index in [0.29, 0.717) is 35.9 Å². The number of morpholine rings is 1. The molecule has 2 aliphatic heterocycles. The average Bonchev–Trinajstić information content (AvgIpc) is 3.51.